The van der Waals surface area contributed by atoms with Gasteiger partial charge in [-0.15, -0.1) is 0 Å². The van der Waals surface area contributed by atoms with E-state index in [0.29, 0.717) is 6.61 Å². The van der Waals surface area contributed by atoms with Crippen LogP contribution in [0.5, 0.6) is 0 Å². The van der Waals surface area contributed by atoms with Crippen molar-refractivity contribution in [2.24, 2.45) is 5.92 Å². The molecule has 0 rings (SSSR count). The van der Waals surface area contributed by atoms with Crippen molar-refractivity contribution in [3.63, 3.8) is 0 Å². The summed E-state index contributed by atoms with van der Waals surface area (Å²) in [5.74, 6) is 0.263. The van der Waals surface area contributed by atoms with Gasteiger partial charge in [0.25, 0.3) is 0 Å². The molecule has 0 amide bonds. The van der Waals surface area contributed by atoms with Crippen molar-refractivity contribution in [3.8, 4) is 0 Å². The first-order valence-electron chi connectivity index (χ1n) is 19.9. The number of ether oxygens (including phenoxy) is 5. The monoisotopic (exact) mass is 659 g/mol. The average molecular weight is 659 g/mol. The van der Waals surface area contributed by atoms with Crippen LogP contribution in [0.4, 0.5) is 0 Å². The van der Waals surface area contributed by atoms with Crippen molar-refractivity contribution < 1.29 is 28.8 Å². The molecule has 0 saturated heterocycles. The van der Waals surface area contributed by atoms with Crippen LogP contribution in [0.15, 0.2) is 0 Å². The Kier molecular flexibility index (Phi) is 29.5. The lowest BCUT2D eigenvalue weighted by atomic mass is 9.96. The molecule has 0 heterocycles. The van der Waals surface area contributed by atoms with Gasteiger partial charge in [0, 0.05) is 32.3 Å². The molecule has 0 radical (unpaired) electrons. The van der Waals surface area contributed by atoms with Crippen LogP contribution in [-0.4, -0.2) is 61.4 Å². The largest absolute Gasteiger partial charge is 0.376 e. The van der Waals surface area contributed by atoms with E-state index in [2.05, 4.69) is 62.3 Å². The second kappa shape index (κ2) is 29.7. The third kappa shape index (κ3) is 24.0. The Morgan fingerprint density at radius 1 is 0.565 bits per heavy atom. The third-order valence-corrected chi connectivity index (χ3v) is 9.73. The van der Waals surface area contributed by atoms with Crippen molar-refractivity contribution in [2.75, 3.05) is 26.4 Å². The van der Waals surface area contributed by atoms with Gasteiger partial charge in [-0.25, -0.2) is 0 Å². The smallest absolute Gasteiger partial charge is 0.158 e. The highest BCUT2D eigenvalue weighted by Gasteiger charge is 2.34. The summed E-state index contributed by atoms with van der Waals surface area (Å²) in [4.78, 5) is 0. The minimum absolute atomic E-state index is 0.00196. The van der Waals surface area contributed by atoms with Gasteiger partial charge in [0.05, 0.1) is 17.3 Å². The summed E-state index contributed by atoms with van der Waals surface area (Å²) in [7, 11) is 0. The van der Waals surface area contributed by atoms with Gasteiger partial charge in [-0.2, -0.15) is 0 Å². The van der Waals surface area contributed by atoms with E-state index in [1.807, 2.05) is 0 Å². The lowest BCUT2D eigenvalue weighted by Crippen LogP contribution is -2.45. The van der Waals surface area contributed by atoms with Crippen molar-refractivity contribution in [1.82, 2.24) is 0 Å². The molecule has 0 aromatic rings. The molecule has 0 spiro atoms. The van der Waals surface area contributed by atoms with Gasteiger partial charge in [-0.1, -0.05) is 105 Å². The highest BCUT2D eigenvalue weighted by Crippen LogP contribution is 2.28. The fourth-order valence-electron chi connectivity index (χ4n) is 5.88. The predicted molar refractivity (Wildman–Crippen MR) is 195 cm³/mol. The van der Waals surface area contributed by atoms with Crippen LogP contribution in [0.1, 0.15) is 197 Å². The zero-order valence-electron chi connectivity index (χ0n) is 32.5. The first-order valence-corrected chi connectivity index (χ1v) is 19.9. The van der Waals surface area contributed by atoms with Crippen molar-refractivity contribution in [1.29, 1.82) is 0 Å². The molecule has 0 aromatic heterocycles. The molecular formula is C40H82O6. The van der Waals surface area contributed by atoms with E-state index in [1.165, 1.54) is 38.5 Å². The molecule has 6 nitrogen and oxygen atoms in total. The molecule has 5 unspecified atom stereocenters. The lowest BCUT2D eigenvalue weighted by Gasteiger charge is -2.38. The molecule has 0 fully saturated rings. The molecule has 0 saturated carbocycles. The zero-order valence-corrected chi connectivity index (χ0v) is 32.5. The number of unbranched alkanes of at least 4 members (excludes halogenated alkanes) is 11. The third-order valence-electron chi connectivity index (χ3n) is 9.73. The summed E-state index contributed by atoms with van der Waals surface area (Å²) in [5, 5.41) is 10.4. The quantitative estimate of drug-likeness (QED) is 0.0540. The maximum absolute atomic E-state index is 10.4. The number of rotatable bonds is 35. The van der Waals surface area contributed by atoms with Crippen LogP contribution >= 0.6 is 0 Å². The second-order valence-electron chi connectivity index (χ2n) is 14.6. The standard InChI is InChI=1S/C40H82O6/c1-10-15-17-20-25-33-43-37(29-23-19-18-21-26-34-44-38(41)36(13-4)28-16-11-2)46-40(9,14-5)35(6)42-32-27-22-24-30-39(7,8)45-31-12-3/h35-38,41H,10-34H2,1-9H3. The van der Waals surface area contributed by atoms with Gasteiger partial charge < -0.3 is 28.8 Å². The number of hydrogen-bond acceptors (Lipinski definition) is 6. The summed E-state index contributed by atoms with van der Waals surface area (Å²) < 4.78 is 31.3. The van der Waals surface area contributed by atoms with Crippen LogP contribution in [0, 0.1) is 5.92 Å². The molecule has 5 atom stereocenters. The molecule has 0 aliphatic heterocycles. The maximum Gasteiger partial charge on any atom is 0.158 e. The lowest BCUT2D eigenvalue weighted by molar-refractivity contribution is -0.241. The fraction of sp³-hybridized carbons (Fsp3) is 1.00. The average Bonchev–Trinajstić information content (AvgIpc) is 3.04. The fourth-order valence-corrected chi connectivity index (χ4v) is 5.88. The topological polar surface area (TPSA) is 66.4 Å². The van der Waals surface area contributed by atoms with E-state index in [4.69, 9.17) is 23.7 Å². The van der Waals surface area contributed by atoms with E-state index in [1.54, 1.807) is 0 Å². The maximum atomic E-state index is 10.4. The van der Waals surface area contributed by atoms with Gasteiger partial charge >= 0.3 is 0 Å². The zero-order chi connectivity index (χ0) is 34.5. The van der Waals surface area contributed by atoms with Gasteiger partial charge in [-0.05, 0) is 91.9 Å². The summed E-state index contributed by atoms with van der Waals surface area (Å²) in [6.07, 6.45) is 22.6. The van der Waals surface area contributed by atoms with Crippen molar-refractivity contribution >= 4 is 0 Å². The number of aliphatic hydroxyl groups excluding tert-OH is 1. The Labute approximate surface area is 287 Å². The van der Waals surface area contributed by atoms with Crippen LogP contribution in [0.2, 0.25) is 0 Å². The van der Waals surface area contributed by atoms with Crippen LogP contribution < -0.4 is 0 Å². The number of hydrogen-bond donors (Lipinski definition) is 1. The number of aliphatic hydroxyl groups is 1. The Morgan fingerprint density at radius 3 is 1.74 bits per heavy atom. The van der Waals surface area contributed by atoms with Gasteiger partial charge in [0.1, 0.15) is 0 Å². The Hall–Kier alpha value is -0.240. The molecule has 278 valence electrons. The normalized spacial score (nSPS) is 16.3. The molecule has 0 aliphatic rings. The Morgan fingerprint density at radius 2 is 1.13 bits per heavy atom. The summed E-state index contributed by atoms with van der Waals surface area (Å²) in [6, 6.07) is 0. The van der Waals surface area contributed by atoms with E-state index < -0.39 is 6.29 Å². The molecule has 1 N–H and O–H groups in total. The van der Waals surface area contributed by atoms with Crippen LogP contribution in [-0.2, 0) is 23.7 Å². The molecule has 0 aliphatic carbocycles. The molecule has 46 heavy (non-hydrogen) atoms. The highest BCUT2D eigenvalue weighted by atomic mass is 16.7. The van der Waals surface area contributed by atoms with E-state index in [-0.39, 0.29) is 29.5 Å². The molecular weight excluding hydrogens is 576 g/mol. The molecule has 0 aromatic carbocycles. The van der Waals surface area contributed by atoms with Gasteiger partial charge in [-0.3, -0.25) is 0 Å². The first kappa shape index (κ1) is 45.8. The highest BCUT2D eigenvalue weighted by molar-refractivity contribution is 4.82. The van der Waals surface area contributed by atoms with Crippen molar-refractivity contribution in [3.05, 3.63) is 0 Å². The van der Waals surface area contributed by atoms with E-state index >= 15 is 0 Å². The minimum Gasteiger partial charge on any atom is -0.376 e. The van der Waals surface area contributed by atoms with Crippen LogP contribution in [0.25, 0.3) is 0 Å². The summed E-state index contributed by atoms with van der Waals surface area (Å²) >= 11 is 0. The summed E-state index contributed by atoms with van der Waals surface area (Å²) in [6.45, 7) is 22.7. The molecule has 6 heteroatoms. The van der Waals surface area contributed by atoms with Gasteiger partial charge in [0.15, 0.2) is 12.6 Å². The SMILES string of the molecule is CCCCCCCOC(CCCCCCCOC(O)C(CC)CCCC)OC(C)(CC)C(C)OCCCCCC(C)(C)OCCC. The van der Waals surface area contributed by atoms with Crippen molar-refractivity contribution in [2.45, 2.75) is 227 Å². The minimum atomic E-state index is -0.615. The molecule has 0 bridgehead atoms. The predicted octanol–water partition coefficient (Wildman–Crippen LogP) is 11.5. The Balaban J connectivity index is 4.63. The second-order valence-corrected chi connectivity index (χ2v) is 14.6. The van der Waals surface area contributed by atoms with Gasteiger partial charge in [0.2, 0.25) is 0 Å². The van der Waals surface area contributed by atoms with E-state index in [9.17, 15) is 5.11 Å². The van der Waals surface area contributed by atoms with E-state index in [0.717, 1.165) is 116 Å². The van der Waals surface area contributed by atoms with Crippen LogP contribution in [0.3, 0.4) is 0 Å². The Bertz CT molecular complexity index is 643. The first-order chi connectivity index (χ1) is 22.1. The summed E-state index contributed by atoms with van der Waals surface area (Å²) in [5.41, 5.74) is -0.414.